The van der Waals surface area contributed by atoms with Crippen molar-refractivity contribution in [3.8, 4) is 17.2 Å². The quantitative estimate of drug-likeness (QED) is 0.0130. The Bertz CT molecular complexity index is 1990. The molecule has 0 N–H and O–H groups in total. The fourth-order valence-corrected chi connectivity index (χ4v) is 8.50. The normalized spacial score (nSPS) is 12.7. The van der Waals surface area contributed by atoms with Crippen molar-refractivity contribution in [3.05, 3.63) is 138 Å². The second-order valence-electron chi connectivity index (χ2n) is 18.1. The van der Waals surface area contributed by atoms with Crippen LogP contribution in [0.25, 0.3) is 0 Å². The first-order valence-electron chi connectivity index (χ1n) is 25.1. The Labute approximate surface area is 418 Å². The van der Waals surface area contributed by atoms with Crippen LogP contribution in [0.15, 0.2) is 104 Å². The maximum absolute atomic E-state index is 14.6. The highest BCUT2D eigenvalue weighted by molar-refractivity contribution is 6.39. The van der Waals surface area contributed by atoms with Gasteiger partial charge in [0.05, 0.1) is 41.9 Å². The summed E-state index contributed by atoms with van der Waals surface area (Å²) in [6.45, 7) is 12.7. The molecule has 0 fully saturated rings. The molecule has 0 aliphatic carbocycles. The summed E-state index contributed by atoms with van der Waals surface area (Å²) in [7, 11) is -1.86. The van der Waals surface area contributed by atoms with Crippen molar-refractivity contribution < 1.29 is 71.1 Å². The van der Waals surface area contributed by atoms with Crippen LogP contribution in [-0.2, 0) is 24.7 Å². The topological polar surface area (TPSA) is 27.7 Å². The molecule has 0 bridgehead atoms. The van der Waals surface area contributed by atoms with Crippen LogP contribution in [0.1, 0.15) is 170 Å². The van der Waals surface area contributed by atoms with E-state index in [1.165, 1.54) is 18.2 Å². The van der Waals surface area contributed by atoms with E-state index in [4.69, 9.17) is 14.0 Å². The molecule has 1 atom stereocenters. The molecule has 4 aromatic carbocycles. The first kappa shape index (κ1) is 61.5. The Morgan fingerprint density at radius 3 is 1.12 bits per heavy atom. The summed E-state index contributed by atoms with van der Waals surface area (Å²) in [6.07, 6.45) is 1.99. The van der Waals surface area contributed by atoms with Gasteiger partial charge in [-0.15, -0.1) is 0 Å². The zero-order valence-electron chi connectivity index (χ0n) is 41.7. The number of nitrogens with zero attached hydrogens (tertiary/aromatic N) is 1. The van der Waals surface area contributed by atoms with Crippen molar-refractivity contribution in [1.82, 2.24) is 0 Å². The molecular formula is C55H70BF12NO3. The van der Waals surface area contributed by atoms with E-state index in [0.717, 1.165) is 188 Å². The van der Waals surface area contributed by atoms with Crippen LogP contribution in [0.5, 0.6) is 17.2 Å². The molecule has 0 aliphatic rings. The van der Waals surface area contributed by atoms with Crippen molar-refractivity contribution in [2.75, 3.05) is 19.6 Å². The summed E-state index contributed by atoms with van der Waals surface area (Å²) >= 11 is 0. The van der Waals surface area contributed by atoms with E-state index in [-0.39, 0.29) is 22.8 Å². The first-order chi connectivity index (χ1) is 34.1. The summed E-state index contributed by atoms with van der Waals surface area (Å²) in [6, 6.07) is 16.6. The average Bonchev–Trinajstić information content (AvgIpc) is 3.32. The maximum Gasteiger partial charge on any atom is 0.864 e. The monoisotopic (exact) mass is 1030 g/mol. The smallest absolute Gasteiger partial charge is 0.490 e. The standard InChI is InChI=1S/C48H66BF9NO3.C7H4F3/c1-5-9-12-15-18-21-34-59(35-22-19-16-13-10-6-2,36-23-20-17-14-11-7-3)44(8-4)43-37-40(48(56,57)58)28-33-45(43)62-49(60-41-29-24-38(25-30-41)46(50,51)52)61-42-31-26-39(27-32-42)47(53,54)55;8-7(9,10)6-4-2-1-3-5-6/h8,24-33,37,44H,4-7,9-23,34-36H2,1-3H3;2-5H/q+1;-1. The van der Waals surface area contributed by atoms with Crippen LogP contribution in [0.2, 0.25) is 0 Å². The first-order valence-corrected chi connectivity index (χ1v) is 25.1. The van der Waals surface area contributed by atoms with Crippen LogP contribution in [0.3, 0.4) is 0 Å². The van der Waals surface area contributed by atoms with E-state index >= 15 is 0 Å². The predicted molar refractivity (Wildman–Crippen MR) is 260 cm³/mol. The van der Waals surface area contributed by atoms with E-state index in [1.54, 1.807) is 6.08 Å². The molecule has 17 heteroatoms. The van der Waals surface area contributed by atoms with Gasteiger partial charge in [-0.05, 0) is 111 Å². The van der Waals surface area contributed by atoms with Crippen LogP contribution >= 0.6 is 0 Å². The third kappa shape index (κ3) is 21.7. The highest BCUT2D eigenvalue weighted by Gasteiger charge is 2.42. The van der Waals surface area contributed by atoms with E-state index in [9.17, 15) is 52.7 Å². The van der Waals surface area contributed by atoms with Crippen molar-refractivity contribution in [2.45, 2.75) is 167 Å². The number of halogens is 12. The number of alkyl halides is 12. The van der Waals surface area contributed by atoms with Crippen LogP contribution < -0.4 is 14.0 Å². The molecule has 0 radical (unpaired) electrons. The van der Waals surface area contributed by atoms with E-state index < -0.39 is 60.3 Å². The molecule has 4 aromatic rings. The Morgan fingerprint density at radius 2 is 0.792 bits per heavy atom. The van der Waals surface area contributed by atoms with Gasteiger partial charge in [-0.2, -0.15) is 83.0 Å². The second-order valence-corrected chi connectivity index (χ2v) is 18.1. The predicted octanol–water partition coefficient (Wildman–Crippen LogP) is 18.9. The molecule has 4 rings (SSSR count). The summed E-state index contributed by atoms with van der Waals surface area (Å²) in [4.78, 5) is 0. The van der Waals surface area contributed by atoms with Gasteiger partial charge in [-0.1, -0.05) is 110 Å². The summed E-state index contributed by atoms with van der Waals surface area (Å²) in [5, 5.41) is 0. The number of rotatable bonds is 30. The molecule has 400 valence electrons. The molecule has 0 aliphatic heterocycles. The molecule has 0 amide bonds. The van der Waals surface area contributed by atoms with E-state index in [2.05, 4.69) is 33.4 Å². The molecule has 72 heavy (non-hydrogen) atoms. The summed E-state index contributed by atoms with van der Waals surface area (Å²) in [5.41, 5.74) is -3.28. The lowest BCUT2D eigenvalue weighted by atomic mass is 9.95. The molecular weight excluding hydrogens is 961 g/mol. The van der Waals surface area contributed by atoms with Gasteiger partial charge < -0.3 is 18.4 Å². The lowest BCUT2D eigenvalue weighted by Crippen LogP contribution is -2.52. The van der Waals surface area contributed by atoms with Crippen molar-refractivity contribution in [1.29, 1.82) is 0 Å². The fraction of sp³-hybridized carbons (Fsp3) is 0.527. The fourth-order valence-electron chi connectivity index (χ4n) is 8.50. The number of benzene rings is 4. The number of quaternary nitrogens is 1. The molecule has 0 heterocycles. The summed E-state index contributed by atoms with van der Waals surface area (Å²) < 4.78 is 178. The van der Waals surface area contributed by atoms with Gasteiger partial charge in [0.2, 0.25) is 0 Å². The minimum atomic E-state index is -4.72. The number of unbranched alkanes of at least 4 members (excludes halogenated alkanes) is 15. The highest BCUT2D eigenvalue weighted by atomic mass is 19.4. The SMILES string of the molecule is C=CC(c1cc(C(F)(F)F)ccc1OB(Oc1ccc(C(F)(F)F)cc1)Oc1ccc(C(F)(F)F)cc1)[N+](CCCCCCCC)(CCCCCCCC)CCCCCCCC.FC(F)(F)c1cc[c-]cc1. The van der Waals surface area contributed by atoms with Gasteiger partial charge >= 0.3 is 32.0 Å². The van der Waals surface area contributed by atoms with Gasteiger partial charge in [0.1, 0.15) is 23.3 Å². The minimum absolute atomic E-state index is 0.0527. The Kier molecular flexibility index (Phi) is 26.0. The van der Waals surface area contributed by atoms with E-state index in [0.29, 0.717) is 24.1 Å². The zero-order valence-corrected chi connectivity index (χ0v) is 41.7. The Balaban J connectivity index is 0.00000121. The van der Waals surface area contributed by atoms with Crippen molar-refractivity contribution >= 4 is 7.32 Å². The molecule has 0 saturated heterocycles. The van der Waals surface area contributed by atoms with Crippen LogP contribution in [0, 0.1) is 6.07 Å². The van der Waals surface area contributed by atoms with E-state index in [1.807, 2.05) is 0 Å². The number of hydrogen-bond donors (Lipinski definition) is 0. The number of hydrogen-bond acceptors (Lipinski definition) is 3. The van der Waals surface area contributed by atoms with Crippen LogP contribution in [0.4, 0.5) is 52.7 Å². The van der Waals surface area contributed by atoms with Gasteiger partial charge in [0, 0.05) is 0 Å². The average molecular weight is 1030 g/mol. The zero-order chi connectivity index (χ0) is 53.3. The largest absolute Gasteiger partial charge is 0.864 e. The van der Waals surface area contributed by atoms with Gasteiger partial charge in [0.25, 0.3) is 0 Å². The lowest BCUT2D eigenvalue weighted by Gasteiger charge is -2.45. The van der Waals surface area contributed by atoms with Crippen molar-refractivity contribution in [3.63, 3.8) is 0 Å². The Hall–Kier alpha value is -4.80. The van der Waals surface area contributed by atoms with Gasteiger partial charge in [0.15, 0.2) is 0 Å². The van der Waals surface area contributed by atoms with Crippen LogP contribution in [-0.4, -0.2) is 31.4 Å². The molecule has 0 aromatic heterocycles. The Morgan fingerprint density at radius 1 is 0.458 bits per heavy atom. The third-order valence-electron chi connectivity index (χ3n) is 12.4. The molecule has 1 unspecified atom stereocenters. The minimum Gasteiger partial charge on any atom is -0.490 e. The van der Waals surface area contributed by atoms with Gasteiger partial charge in [-0.25, -0.2) is 0 Å². The maximum atomic E-state index is 14.6. The molecule has 0 spiro atoms. The second kappa shape index (κ2) is 30.4. The molecule has 4 nitrogen and oxygen atoms in total. The third-order valence-corrected chi connectivity index (χ3v) is 12.4. The van der Waals surface area contributed by atoms with Gasteiger partial charge in [-0.3, -0.25) is 0 Å². The summed E-state index contributed by atoms with van der Waals surface area (Å²) in [5.74, 6) is -0.353. The highest BCUT2D eigenvalue weighted by Crippen LogP contribution is 2.42. The van der Waals surface area contributed by atoms with Crippen molar-refractivity contribution in [2.24, 2.45) is 0 Å². The molecule has 0 saturated carbocycles. The lowest BCUT2D eigenvalue weighted by molar-refractivity contribution is -0.951.